The highest BCUT2D eigenvalue weighted by Gasteiger charge is 2.10. The standard InChI is InChI=1S/C15H14F3NO/c1-8-4-14(20)9(2)3-13(8)19-7-10-5-11(16)15(18)12(17)6-10/h3-6,19-20H,7H2,1-2H3. The molecule has 2 aromatic carbocycles. The summed E-state index contributed by atoms with van der Waals surface area (Å²) in [6.45, 7) is 3.70. The number of nitrogens with one attached hydrogen (secondary N) is 1. The molecule has 0 aliphatic carbocycles. The molecule has 0 heterocycles. The van der Waals surface area contributed by atoms with Crippen molar-refractivity contribution in [1.82, 2.24) is 0 Å². The number of halogens is 3. The lowest BCUT2D eigenvalue weighted by atomic mass is 10.1. The lowest BCUT2D eigenvalue weighted by molar-refractivity contribution is 0.445. The van der Waals surface area contributed by atoms with Gasteiger partial charge in [-0.15, -0.1) is 0 Å². The molecule has 0 amide bonds. The zero-order valence-electron chi connectivity index (χ0n) is 11.1. The second-order valence-electron chi connectivity index (χ2n) is 4.68. The molecule has 2 rings (SSSR count). The first kappa shape index (κ1) is 14.2. The number of aryl methyl sites for hydroxylation is 2. The summed E-state index contributed by atoms with van der Waals surface area (Å²) in [5.74, 6) is -3.70. The largest absolute Gasteiger partial charge is 0.508 e. The van der Waals surface area contributed by atoms with Gasteiger partial charge in [0, 0.05) is 12.2 Å². The monoisotopic (exact) mass is 281 g/mol. The molecule has 0 spiro atoms. The molecule has 2 nitrogen and oxygen atoms in total. The van der Waals surface area contributed by atoms with Gasteiger partial charge in [0.15, 0.2) is 17.5 Å². The Bertz CT molecular complexity index is 633. The third kappa shape index (κ3) is 2.87. The van der Waals surface area contributed by atoms with Crippen molar-refractivity contribution in [1.29, 1.82) is 0 Å². The molecule has 0 saturated heterocycles. The number of phenolic OH excluding ortho intramolecular Hbond substituents is 1. The number of phenols is 1. The first-order valence-corrected chi connectivity index (χ1v) is 6.06. The highest BCUT2D eigenvalue weighted by Crippen LogP contribution is 2.25. The molecule has 5 heteroatoms. The van der Waals surface area contributed by atoms with Crippen molar-refractivity contribution in [2.75, 3.05) is 5.32 Å². The number of hydrogen-bond donors (Lipinski definition) is 2. The number of hydrogen-bond acceptors (Lipinski definition) is 2. The minimum absolute atomic E-state index is 0.152. The van der Waals surface area contributed by atoms with Gasteiger partial charge in [0.25, 0.3) is 0 Å². The quantitative estimate of drug-likeness (QED) is 0.657. The molecule has 2 aromatic rings. The number of anilines is 1. The van der Waals surface area contributed by atoms with Crippen LogP contribution in [0.4, 0.5) is 18.9 Å². The summed E-state index contributed by atoms with van der Waals surface area (Å²) in [6.07, 6.45) is 0. The van der Waals surface area contributed by atoms with Gasteiger partial charge in [-0.25, -0.2) is 13.2 Å². The van der Waals surface area contributed by atoms with Gasteiger partial charge in [-0.1, -0.05) is 0 Å². The molecule has 0 radical (unpaired) electrons. The highest BCUT2D eigenvalue weighted by atomic mass is 19.2. The third-order valence-electron chi connectivity index (χ3n) is 3.07. The SMILES string of the molecule is Cc1cc(NCc2cc(F)c(F)c(F)c2)c(C)cc1O. The Hall–Kier alpha value is -2.17. The van der Waals surface area contributed by atoms with Crippen LogP contribution in [0.2, 0.25) is 0 Å². The topological polar surface area (TPSA) is 32.3 Å². The highest BCUT2D eigenvalue weighted by molar-refractivity contribution is 5.56. The van der Waals surface area contributed by atoms with E-state index in [0.29, 0.717) is 11.1 Å². The molecule has 2 N–H and O–H groups in total. The molecular formula is C15H14F3NO. The van der Waals surface area contributed by atoms with Crippen molar-refractivity contribution in [2.45, 2.75) is 20.4 Å². The lowest BCUT2D eigenvalue weighted by Gasteiger charge is -2.12. The molecule has 0 aliphatic heterocycles. The van der Waals surface area contributed by atoms with Gasteiger partial charge in [-0.3, -0.25) is 0 Å². The van der Waals surface area contributed by atoms with Crippen LogP contribution in [0, 0.1) is 31.3 Å². The van der Waals surface area contributed by atoms with E-state index >= 15 is 0 Å². The van der Waals surface area contributed by atoms with E-state index in [-0.39, 0.29) is 12.3 Å². The van der Waals surface area contributed by atoms with E-state index in [0.717, 1.165) is 23.4 Å². The van der Waals surface area contributed by atoms with Crippen molar-refractivity contribution >= 4 is 5.69 Å². The molecule has 106 valence electrons. The van der Waals surface area contributed by atoms with E-state index in [2.05, 4.69) is 5.32 Å². The van der Waals surface area contributed by atoms with E-state index in [1.807, 2.05) is 0 Å². The number of benzene rings is 2. The van der Waals surface area contributed by atoms with Crippen molar-refractivity contribution in [3.63, 3.8) is 0 Å². The van der Waals surface area contributed by atoms with E-state index < -0.39 is 17.5 Å². The van der Waals surface area contributed by atoms with Crippen LogP contribution in [0.25, 0.3) is 0 Å². The minimum Gasteiger partial charge on any atom is -0.508 e. The zero-order chi connectivity index (χ0) is 14.9. The molecular weight excluding hydrogens is 267 g/mol. The predicted octanol–water partition coefficient (Wildman–Crippen LogP) is 4.04. The van der Waals surface area contributed by atoms with Crippen LogP contribution in [0.3, 0.4) is 0 Å². The molecule has 0 unspecified atom stereocenters. The van der Waals surface area contributed by atoms with E-state index in [4.69, 9.17) is 0 Å². The second kappa shape index (κ2) is 5.45. The van der Waals surface area contributed by atoms with Gasteiger partial charge in [0.2, 0.25) is 0 Å². The maximum Gasteiger partial charge on any atom is 0.194 e. The Labute approximate surface area is 114 Å². The van der Waals surface area contributed by atoms with Crippen LogP contribution in [0.15, 0.2) is 24.3 Å². The first-order valence-electron chi connectivity index (χ1n) is 6.06. The zero-order valence-corrected chi connectivity index (χ0v) is 11.1. The van der Waals surface area contributed by atoms with Crippen LogP contribution < -0.4 is 5.32 Å². The summed E-state index contributed by atoms with van der Waals surface area (Å²) >= 11 is 0. The Morgan fingerprint density at radius 1 is 0.950 bits per heavy atom. The van der Waals surface area contributed by atoms with Gasteiger partial charge in [-0.2, -0.15) is 0 Å². The average molecular weight is 281 g/mol. The van der Waals surface area contributed by atoms with E-state index in [1.54, 1.807) is 26.0 Å². The van der Waals surface area contributed by atoms with Crippen LogP contribution in [-0.4, -0.2) is 5.11 Å². The fourth-order valence-electron chi connectivity index (χ4n) is 1.90. The Kier molecular flexibility index (Phi) is 3.88. The summed E-state index contributed by atoms with van der Waals surface area (Å²) in [5.41, 5.74) is 2.53. The molecule has 0 saturated carbocycles. The smallest absolute Gasteiger partial charge is 0.194 e. The molecule has 0 fully saturated rings. The Balaban J connectivity index is 2.19. The van der Waals surface area contributed by atoms with Gasteiger partial charge < -0.3 is 10.4 Å². The summed E-state index contributed by atoms with van der Waals surface area (Å²) in [7, 11) is 0. The maximum atomic E-state index is 13.1. The van der Waals surface area contributed by atoms with Gasteiger partial charge in [-0.05, 0) is 54.8 Å². The average Bonchev–Trinajstić information content (AvgIpc) is 2.38. The Morgan fingerprint density at radius 2 is 1.55 bits per heavy atom. The normalized spacial score (nSPS) is 10.7. The molecule has 0 bridgehead atoms. The lowest BCUT2D eigenvalue weighted by Crippen LogP contribution is -2.03. The summed E-state index contributed by atoms with van der Waals surface area (Å²) in [6, 6.07) is 5.24. The summed E-state index contributed by atoms with van der Waals surface area (Å²) in [4.78, 5) is 0. The van der Waals surface area contributed by atoms with Crippen LogP contribution in [-0.2, 0) is 6.54 Å². The Morgan fingerprint density at radius 3 is 2.15 bits per heavy atom. The minimum atomic E-state index is -1.47. The fourth-order valence-corrected chi connectivity index (χ4v) is 1.90. The molecule has 0 atom stereocenters. The van der Waals surface area contributed by atoms with Gasteiger partial charge >= 0.3 is 0 Å². The second-order valence-corrected chi connectivity index (χ2v) is 4.68. The van der Waals surface area contributed by atoms with Crippen LogP contribution in [0.1, 0.15) is 16.7 Å². The summed E-state index contributed by atoms with van der Waals surface area (Å²) in [5, 5.41) is 12.5. The van der Waals surface area contributed by atoms with E-state index in [1.165, 1.54) is 0 Å². The molecule has 20 heavy (non-hydrogen) atoms. The van der Waals surface area contributed by atoms with Crippen molar-refractivity contribution in [3.8, 4) is 5.75 Å². The third-order valence-corrected chi connectivity index (χ3v) is 3.07. The first-order chi connectivity index (χ1) is 9.38. The van der Waals surface area contributed by atoms with Crippen molar-refractivity contribution in [2.24, 2.45) is 0 Å². The van der Waals surface area contributed by atoms with E-state index in [9.17, 15) is 18.3 Å². The molecule has 0 aliphatic rings. The van der Waals surface area contributed by atoms with Gasteiger partial charge in [0.05, 0.1) is 0 Å². The fraction of sp³-hybridized carbons (Fsp3) is 0.200. The van der Waals surface area contributed by atoms with Crippen molar-refractivity contribution < 1.29 is 18.3 Å². The maximum absolute atomic E-state index is 13.1. The van der Waals surface area contributed by atoms with Crippen LogP contribution in [0.5, 0.6) is 5.75 Å². The summed E-state index contributed by atoms with van der Waals surface area (Å²) < 4.78 is 39.0. The van der Waals surface area contributed by atoms with Crippen molar-refractivity contribution in [3.05, 3.63) is 58.4 Å². The number of aromatic hydroxyl groups is 1. The van der Waals surface area contributed by atoms with Crippen LogP contribution >= 0.6 is 0 Å². The number of rotatable bonds is 3. The van der Waals surface area contributed by atoms with Gasteiger partial charge in [0.1, 0.15) is 5.75 Å². The molecule has 0 aromatic heterocycles. The predicted molar refractivity (Wildman–Crippen MR) is 71.2 cm³/mol.